The van der Waals surface area contributed by atoms with E-state index in [9.17, 15) is 18.0 Å². The molecule has 0 bridgehead atoms. The molecule has 2 aromatic carbocycles. The monoisotopic (exact) mass is 391 g/mol. The second-order valence-corrected chi connectivity index (χ2v) is 6.72. The van der Waals surface area contributed by atoms with Gasteiger partial charge in [0, 0.05) is 29.7 Å². The van der Waals surface area contributed by atoms with Crippen LogP contribution >= 0.6 is 0 Å². The Balaban J connectivity index is 2.00. The average molecular weight is 391 g/mol. The lowest BCUT2D eigenvalue weighted by atomic mass is 10.1. The van der Waals surface area contributed by atoms with E-state index in [0.29, 0.717) is 17.7 Å². The summed E-state index contributed by atoms with van der Waals surface area (Å²) >= 11 is 0. The van der Waals surface area contributed by atoms with E-state index in [1.807, 2.05) is 31.1 Å². The summed E-state index contributed by atoms with van der Waals surface area (Å²) in [7, 11) is 3.70. The third-order valence-electron chi connectivity index (χ3n) is 4.19. The van der Waals surface area contributed by atoms with Gasteiger partial charge in [-0.25, -0.2) is 0 Å². The maximum atomic E-state index is 13.1. The van der Waals surface area contributed by atoms with Crippen LogP contribution in [-0.4, -0.2) is 24.9 Å². The minimum atomic E-state index is -4.54. The highest BCUT2D eigenvalue weighted by molar-refractivity contribution is 6.06. The van der Waals surface area contributed by atoms with Gasteiger partial charge in [0.15, 0.2) is 5.76 Å². The summed E-state index contributed by atoms with van der Waals surface area (Å²) in [5.74, 6) is -0.544. The Hall–Kier alpha value is -2.84. The second-order valence-electron chi connectivity index (χ2n) is 6.72. The lowest BCUT2D eigenvalue weighted by Crippen LogP contribution is -2.18. The van der Waals surface area contributed by atoms with E-state index in [1.54, 1.807) is 12.1 Å². The van der Waals surface area contributed by atoms with Crippen LogP contribution in [0.1, 0.15) is 27.2 Å². The number of nitrogens with two attached hydrogens (primary N) is 1. The van der Waals surface area contributed by atoms with Gasteiger partial charge in [-0.05, 0) is 43.9 Å². The Morgan fingerprint density at radius 1 is 1.18 bits per heavy atom. The number of fused-ring (bicyclic) bond motifs is 1. The van der Waals surface area contributed by atoms with Crippen molar-refractivity contribution in [1.82, 2.24) is 4.90 Å². The third kappa shape index (κ3) is 4.18. The van der Waals surface area contributed by atoms with Crippen LogP contribution in [0.25, 0.3) is 11.0 Å². The standard InChI is InChI=1S/C20H20F3N3O2/c1-26(2)11-16-15-5-3-4-6-17(15)28-18(16)19(27)25-14-8-12(10-24)7-13(9-14)20(21,22)23/h3-9H,10-11,24H2,1-2H3,(H,25,27). The molecule has 0 atom stereocenters. The highest BCUT2D eigenvalue weighted by Gasteiger charge is 2.31. The number of carbonyl (C=O) groups is 1. The fraction of sp³-hybridized carbons (Fsp3) is 0.250. The van der Waals surface area contributed by atoms with Crippen LogP contribution in [0.4, 0.5) is 18.9 Å². The number of carbonyl (C=O) groups excluding carboxylic acids is 1. The number of hydrogen-bond acceptors (Lipinski definition) is 4. The molecule has 8 heteroatoms. The predicted octanol–water partition coefficient (Wildman–Crippen LogP) is 4.22. The Bertz CT molecular complexity index is 1010. The molecular weight excluding hydrogens is 371 g/mol. The molecule has 0 fully saturated rings. The molecule has 0 aliphatic carbocycles. The summed E-state index contributed by atoms with van der Waals surface area (Å²) in [4.78, 5) is 14.7. The average Bonchev–Trinajstić information content (AvgIpc) is 2.99. The maximum Gasteiger partial charge on any atom is 0.416 e. The van der Waals surface area contributed by atoms with Crippen molar-refractivity contribution < 1.29 is 22.4 Å². The zero-order valence-corrected chi connectivity index (χ0v) is 15.4. The molecule has 3 aromatic rings. The van der Waals surface area contributed by atoms with Gasteiger partial charge in [-0.15, -0.1) is 0 Å². The Labute approximate surface area is 159 Å². The highest BCUT2D eigenvalue weighted by atomic mass is 19.4. The number of halogens is 3. The van der Waals surface area contributed by atoms with Gasteiger partial charge in [-0.2, -0.15) is 13.2 Å². The molecule has 5 nitrogen and oxygen atoms in total. The molecule has 0 saturated carbocycles. The topological polar surface area (TPSA) is 71.5 Å². The number of anilines is 1. The Morgan fingerprint density at radius 3 is 2.54 bits per heavy atom. The normalized spacial score (nSPS) is 12.0. The number of nitrogens with one attached hydrogen (secondary N) is 1. The molecule has 1 aromatic heterocycles. The van der Waals surface area contributed by atoms with E-state index in [4.69, 9.17) is 10.2 Å². The van der Waals surface area contributed by atoms with Gasteiger partial charge in [0.2, 0.25) is 0 Å². The number of hydrogen-bond donors (Lipinski definition) is 2. The van der Waals surface area contributed by atoms with Crippen molar-refractivity contribution in [3.05, 3.63) is 64.9 Å². The van der Waals surface area contributed by atoms with Crippen molar-refractivity contribution in [3.63, 3.8) is 0 Å². The van der Waals surface area contributed by atoms with Crippen molar-refractivity contribution in [2.75, 3.05) is 19.4 Å². The molecule has 148 valence electrons. The van der Waals surface area contributed by atoms with Crippen molar-refractivity contribution in [1.29, 1.82) is 0 Å². The van der Waals surface area contributed by atoms with Gasteiger partial charge >= 0.3 is 6.18 Å². The smallest absolute Gasteiger partial charge is 0.416 e. The number of nitrogens with zero attached hydrogens (tertiary/aromatic N) is 1. The van der Waals surface area contributed by atoms with Crippen LogP contribution in [0.5, 0.6) is 0 Å². The summed E-state index contributed by atoms with van der Waals surface area (Å²) in [6.07, 6.45) is -4.54. The lowest BCUT2D eigenvalue weighted by Gasteiger charge is -2.13. The predicted molar refractivity (Wildman–Crippen MR) is 101 cm³/mol. The molecule has 0 unspecified atom stereocenters. The van der Waals surface area contributed by atoms with Gasteiger partial charge in [0.25, 0.3) is 5.91 Å². The van der Waals surface area contributed by atoms with Crippen LogP contribution in [0.3, 0.4) is 0 Å². The van der Waals surface area contributed by atoms with Crippen molar-refractivity contribution in [3.8, 4) is 0 Å². The van der Waals surface area contributed by atoms with E-state index < -0.39 is 17.6 Å². The number of amides is 1. The minimum absolute atomic E-state index is 0.0107. The second kappa shape index (κ2) is 7.65. The first kappa shape index (κ1) is 19.9. The van der Waals surface area contributed by atoms with Gasteiger partial charge < -0.3 is 20.4 Å². The Morgan fingerprint density at radius 2 is 1.89 bits per heavy atom. The van der Waals surface area contributed by atoms with E-state index in [0.717, 1.165) is 17.5 Å². The van der Waals surface area contributed by atoms with E-state index in [-0.39, 0.29) is 23.6 Å². The van der Waals surface area contributed by atoms with Crippen molar-refractivity contribution in [2.45, 2.75) is 19.3 Å². The summed E-state index contributed by atoms with van der Waals surface area (Å²) < 4.78 is 45.0. The SMILES string of the molecule is CN(C)Cc1c(C(=O)Nc2cc(CN)cc(C(F)(F)F)c2)oc2ccccc12. The first-order chi connectivity index (χ1) is 13.2. The van der Waals surface area contributed by atoms with Crippen LogP contribution in [-0.2, 0) is 19.3 Å². The summed E-state index contributed by atoms with van der Waals surface area (Å²) in [6.45, 7) is 0.361. The number of para-hydroxylation sites is 1. The lowest BCUT2D eigenvalue weighted by molar-refractivity contribution is -0.137. The molecular formula is C20H20F3N3O2. The fourth-order valence-corrected chi connectivity index (χ4v) is 2.99. The first-order valence-electron chi connectivity index (χ1n) is 8.56. The van der Waals surface area contributed by atoms with Crippen LogP contribution in [0, 0.1) is 0 Å². The number of rotatable bonds is 5. The van der Waals surface area contributed by atoms with Crippen LogP contribution in [0.15, 0.2) is 46.9 Å². The summed E-state index contributed by atoms with van der Waals surface area (Å²) in [6, 6.07) is 10.5. The highest BCUT2D eigenvalue weighted by Crippen LogP contribution is 2.33. The van der Waals surface area contributed by atoms with Crippen LogP contribution in [0.2, 0.25) is 0 Å². The Kier molecular flexibility index (Phi) is 5.44. The molecule has 3 N–H and O–H groups in total. The van der Waals surface area contributed by atoms with Crippen molar-refractivity contribution in [2.24, 2.45) is 5.73 Å². The van der Waals surface area contributed by atoms with Gasteiger partial charge in [0.05, 0.1) is 5.56 Å². The number of furan rings is 1. The number of alkyl halides is 3. The molecule has 0 aliphatic rings. The van der Waals surface area contributed by atoms with Gasteiger partial charge in [-0.1, -0.05) is 18.2 Å². The molecule has 1 amide bonds. The zero-order valence-electron chi connectivity index (χ0n) is 15.4. The van der Waals surface area contributed by atoms with Gasteiger partial charge in [-0.3, -0.25) is 4.79 Å². The zero-order chi connectivity index (χ0) is 20.5. The maximum absolute atomic E-state index is 13.1. The molecule has 0 saturated heterocycles. The molecule has 3 rings (SSSR count). The van der Waals surface area contributed by atoms with E-state index >= 15 is 0 Å². The minimum Gasteiger partial charge on any atom is -0.451 e. The summed E-state index contributed by atoms with van der Waals surface area (Å²) in [5, 5.41) is 3.30. The fourth-order valence-electron chi connectivity index (χ4n) is 2.99. The molecule has 0 aliphatic heterocycles. The quantitative estimate of drug-likeness (QED) is 0.683. The van der Waals surface area contributed by atoms with Crippen LogP contribution < -0.4 is 11.1 Å². The summed E-state index contributed by atoms with van der Waals surface area (Å²) in [5.41, 5.74) is 6.11. The van der Waals surface area contributed by atoms with Crippen molar-refractivity contribution >= 4 is 22.6 Å². The first-order valence-corrected chi connectivity index (χ1v) is 8.56. The van der Waals surface area contributed by atoms with E-state index in [2.05, 4.69) is 5.32 Å². The molecule has 1 heterocycles. The molecule has 0 radical (unpaired) electrons. The number of benzene rings is 2. The van der Waals surface area contributed by atoms with E-state index in [1.165, 1.54) is 6.07 Å². The molecule has 0 spiro atoms. The third-order valence-corrected chi connectivity index (χ3v) is 4.19. The largest absolute Gasteiger partial charge is 0.451 e. The van der Waals surface area contributed by atoms with Gasteiger partial charge in [0.1, 0.15) is 5.58 Å². The molecule has 28 heavy (non-hydrogen) atoms.